The first-order valence-electron chi connectivity index (χ1n) is 6.88. The minimum atomic E-state index is 0.383. The van der Waals surface area contributed by atoms with E-state index in [4.69, 9.17) is 9.15 Å². The molecule has 0 bridgehead atoms. The number of anilines is 1. The van der Waals surface area contributed by atoms with Crippen molar-refractivity contribution < 1.29 is 9.15 Å². The Kier molecular flexibility index (Phi) is 5.94. The fourth-order valence-corrected chi connectivity index (χ4v) is 2.28. The van der Waals surface area contributed by atoms with Crippen LogP contribution in [0.3, 0.4) is 0 Å². The Bertz CT molecular complexity index is 549. The maximum atomic E-state index is 5.37. The number of rotatable bonds is 8. The molecule has 0 aliphatic rings. The van der Waals surface area contributed by atoms with Gasteiger partial charge in [0.1, 0.15) is 17.5 Å². The van der Waals surface area contributed by atoms with Crippen molar-refractivity contribution in [3.05, 3.63) is 17.8 Å². The van der Waals surface area contributed by atoms with E-state index in [1.54, 1.807) is 6.92 Å². The van der Waals surface area contributed by atoms with Crippen molar-refractivity contribution in [2.75, 3.05) is 18.5 Å². The van der Waals surface area contributed by atoms with Crippen molar-refractivity contribution in [3.63, 3.8) is 0 Å². The predicted molar refractivity (Wildman–Crippen MR) is 79.3 cm³/mol. The minimum absolute atomic E-state index is 0.383. The third kappa shape index (κ3) is 4.98. The van der Waals surface area contributed by atoms with Crippen molar-refractivity contribution in [1.29, 1.82) is 0 Å². The molecular weight excluding hydrogens is 290 g/mol. The van der Waals surface area contributed by atoms with Crippen LogP contribution in [0.2, 0.25) is 0 Å². The quantitative estimate of drug-likeness (QED) is 0.745. The van der Waals surface area contributed by atoms with Crippen LogP contribution in [-0.4, -0.2) is 33.3 Å². The summed E-state index contributed by atoms with van der Waals surface area (Å²) < 4.78 is 10.7. The van der Waals surface area contributed by atoms with Crippen LogP contribution in [0.25, 0.3) is 0 Å². The summed E-state index contributed by atoms with van der Waals surface area (Å²) in [6, 6.07) is 1.87. The molecule has 0 fully saturated rings. The van der Waals surface area contributed by atoms with Gasteiger partial charge in [-0.15, -0.1) is 10.2 Å². The molecular formula is C13H19N5O2S. The Balaban J connectivity index is 2.16. The Morgan fingerprint density at radius 3 is 2.81 bits per heavy atom. The maximum absolute atomic E-state index is 5.37. The minimum Gasteiger partial charge on any atom is -0.416 e. The molecule has 21 heavy (non-hydrogen) atoms. The highest BCUT2D eigenvalue weighted by molar-refractivity contribution is 7.99. The zero-order chi connectivity index (χ0) is 15.1. The number of nitrogens with zero attached hydrogens (tertiary/aromatic N) is 4. The number of nitrogens with one attached hydrogen (secondary N) is 1. The summed E-state index contributed by atoms with van der Waals surface area (Å²) >= 11 is 1.32. The van der Waals surface area contributed by atoms with Gasteiger partial charge in [0.2, 0.25) is 5.89 Å². The predicted octanol–water partition coefficient (Wildman–Crippen LogP) is 2.68. The van der Waals surface area contributed by atoms with E-state index in [0.717, 1.165) is 23.8 Å². The Morgan fingerprint density at radius 1 is 1.29 bits per heavy atom. The highest BCUT2D eigenvalue weighted by Gasteiger charge is 2.10. The second-order valence-electron chi connectivity index (χ2n) is 4.26. The summed E-state index contributed by atoms with van der Waals surface area (Å²) in [5.74, 6) is 1.95. The van der Waals surface area contributed by atoms with Crippen molar-refractivity contribution in [1.82, 2.24) is 20.2 Å². The molecule has 0 radical (unpaired) electrons. The van der Waals surface area contributed by atoms with Crippen LogP contribution in [0.4, 0.5) is 5.82 Å². The summed E-state index contributed by atoms with van der Waals surface area (Å²) in [6.45, 7) is 7.67. The first-order valence-corrected chi connectivity index (χ1v) is 7.70. The lowest BCUT2D eigenvalue weighted by Crippen LogP contribution is -2.07. The van der Waals surface area contributed by atoms with E-state index in [2.05, 4.69) is 32.4 Å². The van der Waals surface area contributed by atoms with Gasteiger partial charge in [0.15, 0.2) is 5.82 Å². The number of aryl methyl sites for hydroxylation is 1. The van der Waals surface area contributed by atoms with Crippen molar-refractivity contribution in [2.24, 2.45) is 0 Å². The molecule has 2 aromatic rings. The summed E-state index contributed by atoms with van der Waals surface area (Å²) in [5.41, 5.74) is 0. The van der Waals surface area contributed by atoms with Gasteiger partial charge >= 0.3 is 0 Å². The van der Waals surface area contributed by atoms with E-state index in [1.165, 1.54) is 11.8 Å². The Hall–Kier alpha value is -1.67. The number of aromatic nitrogens is 4. The van der Waals surface area contributed by atoms with Gasteiger partial charge in [-0.3, -0.25) is 0 Å². The van der Waals surface area contributed by atoms with Crippen LogP contribution < -0.4 is 5.32 Å². The molecule has 0 amide bonds. The molecule has 0 atom stereocenters. The van der Waals surface area contributed by atoms with Crippen LogP contribution >= 0.6 is 11.8 Å². The highest BCUT2D eigenvalue weighted by Crippen LogP contribution is 2.26. The number of hydrogen-bond acceptors (Lipinski definition) is 8. The second-order valence-corrected chi connectivity index (χ2v) is 5.23. The lowest BCUT2D eigenvalue weighted by atomic mass is 10.4. The first-order chi connectivity index (χ1) is 10.2. The molecule has 0 aliphatic heterocycles. The monoisotopic (exact) mass is 309 g/mol. The summed E-state index contributed by atoms with van der Waals surface area (Å²) in [6.07, 6.45) is 1.02. The van der Waals surface area contributed by atoms with E-state index in [-0.39, 0.29) is 0 Å². The maximum Gasteiger partial charge on any atom is 0.282 e. The average molecular weight is 309 g/mol. The number of ether oxygens (including phenoxy) is 1. The Morgan fingerprint density at radius 2 is 2.14 bits per heavy atom. The zero-order valence-corrected chi connectivity index (χ0v) is 13.2. The normalized spacial score (nSPS) is 10.8. The van der Waals surface area contributed by atoms with Crippen molar-refractivity contribution >= 4 is 17.6 Å². The van der Waals surface area contributed by atoms with Crippen LogP contribution in [-0.2, 0) is 11.3 Å². The topological polar surface area (TPSA) is 86.0 Å². The molecule has 0 aromatic carbocycles. The van der Waals surface area contributed by atoms with E-state index in [0.29, 0.717) is 30.2 Å². The molecule has 0 saturated carbocycles. The van der Waals surface area contributed by atoms with Gasteiger partial charge in [-0.2, -0.15) is 0 Å². The van der Waals surface area contributed by atoms with Gasteiger partial charge in [-0.05, 0) is 25.1 Å². The largest absolute Gasteiger partial charge is 0.416 e. The van der Waals surface area contributed by atoms with E-state index in [9.17, 15) is 0 Å². The molecule has 0 aliphatic carbocycles. The Labute approximate surface area is 127 Å². The van der Waals surface area contributed by atoms with E-state index in [1.807, 2.05) is 13.0 Å². The number of hydrogen-bond donors (Lipinski definition) is 1. The van der Waals surface area contributed by atoms with Gasteiger partial charge in [0.25, 0.3) is 5.22 Å². The van der Waals surface area contributed by atoms with Crippen LogP contribution in [0.5, 0.6) is 0 Å². The van der Waals surface area contributed by atoms with Crippen LogP contribution in [0.15, 0.2) is 20.7 Å². The van der Waals surface area contributed by atoms with Crippen LogP contribution in [0, 0.1) is 6.92 Å². The molecule has 2 heterocycles. The lowest BCUT2D eigenvalue weighted by molar-refractivity contribution is 0.128. The summed E-state index contributed by atoms with van der Waals surface area (Å²) in [4.78, 5) is 8.87. The fourth-order valence-electron chi connectivity index (χ4n) is 1.54. The van der Waals surface area contributed by atoms with E-state index < -0.39 is 0 Å². The average Bonchev–Trinajstić information content (AvgIpc) is 2.88. The third-order valence-electron chi connectivity index (χ3n) is 2.44. The van der Waals surface area contributed by atoms with Crippen molar-refractivity contribution in [3.8, 4) is 0 Å². The SMILES string of the molecule is CCCNc1cc(Sc2nnc(C)o2)nc(COCC)n1. The highest BCUT2D eigenvalue weighted by atomic mass is 32.2. The molecule has 8 heteroatoms. The summed E-state index contributed by atoms with van der Waals surface area (Å²) in [5, 5.41) is 12.2. The molecule has 0 saturated heterocycles. The molecule has 114 valence electrons. The van der Waals surface area contributed by atoms with Crippen LogP contribution in [0.1, 0.15) is 32.0 Å². The first kappa shape index (κ1) is 15.7. The standard InChI is InChI=1S/C13H19N5O2S/c1-4-6-14-10-7-12(16-11(15-10)8-19-5-2)21-13-18-17-9(3)20-13/h7H,4-6,8H2,1-3H3,(H,14,15,16). The van der Waals surface area contributed by atoms with Gasteiger partial charge in [-0.25, -0.2) is 9.97 Å². The van der Waals surface area contributed by atoms with Gasteiger partial charge in [-0.1, -0.05) is 6.92 Å². The molecule has 7 nitrogen and oxygen atoms in total. The fraction of sp³-hybridized carbons (Fsp3) is 0.538. The molecule has 0 unspecified atom stereocenters. The molecule has 1 N–H and O–H groups in total. The lowest BCUT2D eigenvalue weighted by Gasteiger charge is -2.08. The smallest absolute Gasteiger partial charge is 0.282 e. The van der Waals surface area contributed by atoms with Gasteiger partial charge < -0.3 is 14.5 Å². The summed E-state index contributed by atoms with van der Waals surface area (Å²) in [7, 11) is 0. The van der Waals surface area contributed by atoms with Gasteiger partial charge in [0.05, 0.1) is 0 Å². The second kappa shape index (κ2) is 7.94. The van der Waals surface area contributed by atoms with Crippen molar-refractivity contribution in [2.45, 2.75) is 44.0 Å². The van der Waals surface area contributed by atoms with E-state index >= 15 is 0 Å². The third-order valence-corrected chi connectivity index (χ3v) is 3.20. The molecule has 0 spiro atoms. The zero-order valence-electron chi connectivity index (χ0n) is 12.4. The molecule has 2 aromatic heterocycles. The van der Waals surface area contributed by atoms with Gasteiger partial charge in [0, 0.05) is 26.1 Å². The molecule has 2 rings (SSSR count).